The first-order chi connectivity index (χ1) is 14.5. The lowest BCUT2D eigenvalue weighted by molar-refractivity contribution is 0.0944. The molecule has 1 aliphatic heterocycles. The highest BCUT2D eigenvalue weighted by Crippen LogP contribution is 2.26. The van der Waals surface area contributed by atoms with Gasteiger partial charge in [0.2, 0.25) is 5.88 Å². The number of anilines is 1. The van der Waals surface area contributed by atoms with E-state index in [1.165, 1.54) is 0 Å². The summed E-state index contributed by atoms with van der Waals surface area (Å²) in [6.45, 7) is 4.18. The Kier molecular flexibility index (Phi) is 4.27. The third-order valence-electron chi connectivity index (χ3n) is 5.47. The number of hydrogen-bond donors (Lipinski definition) is 1. The molecule has 154 valence electrons. The Balaban J connectivity index is 1.19. The second-order valence-corrected chi connectivity index (χ2v) is 7.55. The van der Waals surface area contributed by atoms with Gasteiger partial charge in [0.05, 0.1) is 18.0 Å². The summed E-state index contributed by atoms with van der Waals surface area (Å²) in [5.41, 5.74) is 2.07. The van der Waals surface area contributed by atoms with Gasteiger partial charge < -0.3 is 15.0 Å². The molecule has 1 amide bonds. The highest BCUT2D eigenvalue weighted by Gasteiger charge is 2.28. The monoisotopic (exact) mass is 406 g/mol. The molecule has 4 aromatic rings. The lowest BCUT2D eigenvalue weighted by atomic mass is 10.00. The average Bonchev–Trinajstić information content (AvgIpc) is 3.24. The molecule has 0 radical (unpaired) electrons. The molecule has 0 atom stereocenters. The Bertz CT molecular complexity index is 1250. The van der Waals surface area contributed by atoms with Crippen LogP contribution in [-0.2, 0) is 7.05 Å². The van der Waals surface area contributed by atoms with Gasteiger partial charge in [-0.2, -0.15) is 9.61 Å². The highest BCUT2D eigenvalue weighted by atomic mass is 16.5. The second kappa shape index (κ2) is 6.97. The van der Waals surface area contributed by atoms with Gasteiger partial charge in [0.15, 0.2) is 11.5 Å². The molecule has 1 N–H and O–H groups in total. The van der Waals surface area contributed by atoms with Gasteiger partial charge >= 0.3 is 0 Å². The molecule has 1 fully saturated rings. The third kappa shape index (κ3) is 3.00. The van der Waals surface area contributed by atoms with E-state index in [1.807, 2.05) is 32.2 Å². The summed E-state index contributed by atoms with van der Waals surface area (Å²) in [5, 5.41) is 21.0. The summed E-state index contributed by atoms with van der Waals surface area (Å²) in [6, 6.07) is 9.33. The van der Waals surface area contributed by atoms with Gasteiger partial charge in [-0.25, -0.2) is 4.68 Å². The van der Waals surface area contributed by atoms with Gasteiger partial charge in [0, 0.05) is 38.2 Å². The zero-order valence-electron chi connectivity index (χ0n) is 17.0. The molecule has 0 spiro atoms. The van der Waals surface area contributed by atoms with E-state index >= 15 is 0 Å². The molecule has 1 saturated heterocycles. The Morgan fingerprint density at radius 1 is 1.20 bits per heavy atom. The van der Waals surface area contributed by atoms with Crippen LogP contribution in [0.25, 0.3) is 16.6 Å². The molecule has 1 aliphatic rings. The number of carbonyl (C=O) groups excluding carboxylic acids is 1. The van der Waals surface area contributed by atoms with Crippen LogP contribution in [0.15, 0.2) is 30.3 Å². The minimum absolute atomic E-state index is 0.0976. The topological polar surface area (TPSA) is 102 Å². The standard InChI is InChI=1S/C20H22N8O2/c1-12-22-23-17-6-7-18(25-28(12)17)27-10-13(11-27)9-21-19(29)14-4-5-15-16(8-14)24-26(2)20(15)30-3/h4-8,13H,9-11H2,1-3H3,(H,21,29). The van der Waals surface area contributed by atoms with Gasteiger partial charge in [0.25, 0.3) is 5.91 Å². The highest BCUT2D eigenvalue weighted by molar-refractivity contribution is 5.98. The normalized spacial score (nSPS) is 14.3. The van der Waals surface area contributed by atoms with Gasteiger partial charge in [-0.3, -0.25) is 4.79 Å². The first kappa shape index (κ1) is 18.3. The molecule has 0 aliphatic carbocycles. The number of hydrogen-bond acceptors (Lipinski definition) is 7. The molecule has 0 saturated carbocycles. The average molecular weight is 406 g/mol. The Morgan fingerprint density at radius 3 is 2.83 bits per heavy atom. The number of nitrogens with zero attached hydrogens (tertiary/aromatic N) is 7. The molecule has 5 rings (SSSR count). The van der Waals surface area contributed by atoms with Crippen LogP contribution in [0.3, 0.4) is 0 Å². The maximum absolute atomic E-state index is 12.6. The number of aryl methyl sites for hydroxylation is 2. The molecular weight excluding hydrogens is 384 g/mol. The Morgan fingerprint density at radius 2 is 2.03 bits per heavy atom. The number of fused-ring (bicyclic) bond motifs is 2. The molecule has 4 heterocycles. The summed E-state index contributed by atoms with van der Waals surface area (Å²) in [6.07, 6.45) is 0. The van der Waals surface area contributed by atoms with Crippen molar-refractivity contribution in [2.45, 2.75) is 6.92 Å². The van der Waals surface area contributed by atoms with Crippen molar-refractivity contribution in [1.82, 2.24) is 34.9 Å². The summed E-state index contributed by atoms with van der Waals surface area (Å²) in [5.74, 6) is 2.62. The number of benzene rings is 1. The van der Waals surface area contributed by atoms with Crippen molar-refractivity contribution in [3.05, 3.63) is 41.7 Å². The van der Waals surface area contributed by atoms with Gasteiger partial charge in [0.1, 0.15) is 5.82 Å². The zero-order valence-corrected chi connectivity index (χ0v) is 17.0. The van der Waals surface area contributed by atoms with Crippen molar-refractivity contribution in [2.75, 3.05) is 31.6 Å². The minimum atomic E-state index is -0.0976. The molecule has 1 aromatic carbocycles. The molecular formula is C20H22N8O2. The summed E-state index contributed by atoms with van der Waals surface area (Å²) >= 11 is 0. The summed E-state index contributed by atoms with van der Waals surface area (Å²) < 4.78 is 8.77. The number of nitrogens with one attached hydrogen (secondary N) is 1. The maximum Gasteiger partial charge on any atom is 0.251 e. The number of rotatable bonds is 5. The second-order valence-electron chi connectivity index (χ2n) is 7.55. The molecule has 30 heavy (non-hydrogen) atoms. The number of carbonyl (C=O) groups is 1. The van der Waals surface area contributed by atoms with Crippen LogP contribution in [0.2, 0.25) is 0 Å². The molecule has 0 bridgehead atoms. The lowest BCUT2D eigenvalue weighted by Gasteiger charge is -2.40. The van der Waals surface area contributed by atoms with Crippen LogP contribution in [0.1, 0.15) is 16.2 Å². The maximum atomic E-state index is 12.6. The van der Waals surface area contributed by atoms with E-state index < -0.39 is 0 Å². The summed E-state index contributed by atoms with van der Waals surface area (Å²) in [4.78, 5) is 14.8. The Hall–Kier alpha value is -3.69. The SMILES string of the molecule is COc1c2ccc(C(=O)NCC3CN(c4ccc5nnc(C)n5n4)C3)cc2nn1C. The molecule has 10 nitrogen and oxygen atoms in total. The third-order valence-corrected chi connectivity index (χ3v) is 5.47. The smallest absolute Gasteiger partial charge is 0.251 e. The van der Waals surface area contributed by atoms with E-state index in [1.54, 1.807) is 28.4 Å². The quantitative estimate of drug-likeness (QED) is 0.531. The van der Waals surface area contributed by atoms with E-state index in [4.69, 9.17) is 4.74 Å². The molecule has 3 aromatic heterocycles. The lowest BCUT2D eigenvalue weighted by Crippen LogP contribution is -2.52. The Labute approximate surface area is 172 Å². The fourth-order valence-corrected chi connectivity index (χ4v) is 3.84. The van der Waals surface area contributed by atoms with Crippen LogP contribution in [0.5, 0.6) is 5.88 Å². The van der Waals surface area contributed by atoms with E-state index in [0.717, 1.165) is 41.3 Å². The van der Waals surface area contributed by atoms with Crippen molar-refractivity contribution in [2.24, 2.45) is 13.0 Å². The van der Waals surface area contributed by atoms with Crippen LogP contribution >= 0.6 is 0 Å². The minimum Gasteiger partial charge on any atom is -0.481 e. The first-order valence-electron chi connectivity index (χ1n) is 9.76. The van der Waals surface area contributed by atoms with Crippen molar-refractivity contribution in [3.63, 3.8) is 0 Å². The van der Waals surface area contributed by atoms with Crippen molar-refractivity contribution < 1.29 is 9.53 Å². The van der Waals surface area contributed by atoms with Gasteiger partial charge in [-0.05, 0) is 37.3 Å². The predicted octanol–water partition coefficient (Wildman–Crippen LogP) is 1.19. The van der Waals surface area contributed by atoms with Crippen LogP contribution in [-0.4, -0.2) is 62.2 Å². The van der Waals surface area contributed by atoms with Crippen LogP contribution in [0.4, 0.5) is 5.82 Å². The number of aromatic nitrogens is 6. The van der Waals surface area contributed by atoms with Crippen LogP contribution < -0.4 is 15.0 Å². The fraction of sp³-hybridized carbons (Fsp3) is 0.350. The predicted molar refractivity (Wildman–Crippen MR) is 111 cm³/mol. The summed E-state index contributed by atoms with van der Waals surface area (Å²) in [7, 11) is 3.43. The number of amides is 1. The van der Waals surface area contributed by atoms with E-state index in [0.29, 0.717) is 23.9 Å². The fourth-order valence-electron chi connectivity index (χ4n) is 3.84. The number of ether oxygens (including phenoxy) is 1. The van der Waals surface area contributed by atoms with E-state index in [-0.39, 0.29) is 5.91 Å². The number of methoxy groups -OCH3 is 1. The van der Waals surface area contributed by atoms with Crippen molar-refractivity contribution in [3.8, 4) is 5.88 Å². The van der Waals surface area contributed by atoms with Crippen LogP contribution in [0, 0.1) is 12.8 Å². The molecule has 10 heteroatoms. The van der Waals surface area contributed by atoms with Gasteiger partial charge in [-0.1, -0.05) is 0 Å². The first-order valence-corrected chi connectivity index (χ1v) is 9.76. The largest absolute Gasteiger partial charge is 0.481 e. The van der Waals surface area contributed by atoms with Crippen molar-refractivity contribution in [1.29, 1.82) is 0 Å². The van der Waals surface area contributed by atoms with E-state index in [9.17, 15) is 4.79 Å². The van der Waals surface area contributed by atoms with Gasteiger partial charge in [-0.15, -0.1) is 15.3 Å². The zero-order chi connectivity index (χ0) is 20.8. The van der Waals surface area contributed by atoms with Crippen molar-refractivity contribution >= 4 is 28.3 Å². The van der Waals surface area contributed by atoms with E-state index in [2.05, 4.69) is 30.6 Å². The molecule has 0 unspecified atom stereocenters.